The fraction of sp³-hybridized carbons (Fsp3) is 0.588. The summed E-state index contributed by atoms with van der Waals surface area (Å²) in [5.41, 5.74) is 7.04. The van der Waals surface area contributed by atoms with E-state index in [1.54, 1.807) is 21.3 Å². The van der Waals surface area contributed by atoms with Gasteiger partial charge in [0.1, 0.15) is 11.5 Å². The number of guanidine groups is 1. The largest absolute Gasteiger partial charge is 0.497 e. The second kappa shape index (κ2) is 8.06. The predicted octanol–water partition coefficient (Wildman–Crippen LogP) is 2.64. The molecule has 1 aromatic carbocycles. The molecule has 3 N–H and O–H groups in total. The number of hydrogen-bond acceptors (Lipinski definition) is 4. The molecule has 0 radical (unpaired) electrons. The smallest absolute Gasteiger partial charge is 0.193 e. The molecule has 0 bridgehead atoms. The van der Waals surface area contributed by atoms with Crippen molar-refractivity contribution < 1.29 is 14.2 Å². The van der Waals surface area contributed by atoms with Crippen molar-refractivity contribution in [2.75, 3.05) is 39.8 Å². The van der Waals surface area contributed by atoms with E-state index in [-0.39, 0.29) is 5.41 Å². The Balaban J connectivity index is 2.01. The van der Waals surface area contributed by atoms with Crippen LogP contribution >= 0.6 is 0 Å². The normalized spacial score (nSPS) is 16.6. The number of anilines is 1. The molecule has 128 valence electrons. The van der Waals surface area contributed by atoms with Gasteiger partial charge in [-0.15, -0.1) is 0 Å². The molecule has 0 heterocycles. The Morgan fingerprint density at radius 1 is 1.26 bits per heavy atom. The lowest BCUT2D eigenvalue weighted by Crippen LogP contribution is -2.35. The summed E-state index contributed by atoms with van der Waals surface area (Å²) in [5.74, 6) is 1.82. The molecule has 1 saturated carbocycles. The number of hydrogen-bond donors (Lipinski definition) is 2. The average Bonchev–Trinajstić information content (AvgIpc) is 2.53. The van der Waals surface area contributed by atoms with Crippen LogP contribution in [0.4, 0.5) is 5.69 Å². The maximum atomic E-state index is 6.05. The first kappa shape index (κ1) is 17.4. The highest BCUT2D eigenvalue weighted by Gasteiger charge is 2.36. The quantitative estimate of drug-likeness (QED) is 0.568. The zero-order valence-corrected chi connectivity index (χ0v) is 14.2. The summed E-state index contributed by atoms with van der Waals surface area (Å²) < 4.78 is 15.8. The Labute approximate surface area is 138 Å². The highest BCUT2D eigenvalue weighted by atomic mass is 16.5. The summed E-state index contributed by atoms with van der Waals surface area (Å²) >= 11 is 0. The third kappa shape index (κ3) is 4.51. The number of nitrogens with zero attached hydrogens (tertiary/aromatic N) is 1. The molecule has 1 aromatic rings. The second-order valence-electron chi connectivity index (χ2n) is 5.99. The van der Waals surface area contributed by atoms with Crippen molar-refractivity contribution in [1.82, 2.24) is 0 Å². The van der Waals surface area contributed by atoms with E-state index in [2.05, 4.69) is 10.3 Å². The lowest BCUT2D eigenvalue weighted by Gasteiger charge is -2.40. The van der Waals surface area contributed by atoms with Crippen molar-refractivity contribution in [1.29, 1.82) is 0 Å². The fourth-order valence-corrected chi connectivity index (χ4v) is 2.82. The summed E-state index contributed by atoms with van der Waals surface area (Å²) in [4.78, 5) is 4.53. The highest BCUT2D eigenvalue weighted by Crippen LogP contribution is 2.44. The first-order valence-electron chi connectivity index (χ1n) is 7.90. The molecule has 0 spiro atoms. The minimum Gasteiger partial charge on any atom is -0.497 e. The molecular formula is C17H27N3O3. The van der Waals surface area contributed by atoms with E-state index in [9.17, 15) is 0 Å². The molecule has 1 aliphatic rings. The monoisotopic (exact) mass is 321 g/mol. The van der Waals surface area contributed by atoms with Crippen LogP contribution in [-0.2, 0) is 4.74 Å². The van der Waals surface area contributed by atoms with Gasteiger partial charge in [0, 0.05) is 26.3 Å². The van der Waals surface area contributed by atoms with Crippen molar-refractivity contribution in [2.24, 2.45) is 16.1 Å². The zero-order valence-electron chi connectivity index (χ0n) is 14.2. The SMILES string of the molecule is COCCC1(CN=C(N)Nc2cc(OC)ccc2OC)CCC1. The molecule has 1 fully saturated rings. The Kier molecular flexibility index (Phi) is 6.10. The second-order valence-corrected chi connectivity index (χ2v) is 5.99. The average molecular weight is 321 g/mol. The number of ether oxygens (including phenoxy) is 3. The number of nitrogens with two attached hydrogens (primary N) is 1. The van der Waals surface area contributed by atoms with Gasteiger partial charge in [0.15, 0.2) is 5.96 Å². The third-order valence-corrected chi connectivity index (χ3v) is 4.50. The van der Waals surface area contributed by atoms with Crippen LogP contribution in [-0.4, -0.2) is 40.4 Å². The van der Waals surface area contributed by atoms with E-state index in [1.807, 2.05) is 18.2 Å². The molecule has 0 amide bonds. The Hall–Kier alpha value is -1.95. The van der Waals surface area contributed by atoms with Gasteiger partial charge in [-0.3, -0.25) is 4.99 Å². The van der Waals surface area contributed by atoms with Gasteiger partial charge in [-0.25, -0.2) is 0 Å². The summed E-state index contributed by atoms with van der Waals surface area (Å²) in [6.45, 7) is 1.49. The minimum atomic E-state index is 0.251. The van der Waals surface area contributed by atoms with E-state index in [4.69, 9.17) is 19.9 Å². The lowest BCUT2D eigenvalue weighted by atomic mass is 9.67. The van der Waals surface area contributed by atoms with Crippen molar-refractivity contribution in [2.45, 2.75) is 25.7 Å². The minimum absolute atomic E-state index is 0.251. The van der Waals surface area contributed by atoms with Gasteiger partial charge in [0.2, 0.25) is 0 Å². The van der Waals surface area contributed by atoms with Crippen molar-refractivity contribution in [3.8, 4) is 11.5 Å². The van der Waals surface area contributed by atoms with Crippen LogP contribution in [0.15, 0.2) is 23.2 Å². The summed E-state index contributed by atoms with van der Waals surface area (Å²) in [6, 6.07) is 5.51. The molecule has 0 saturated heterocycles. The zero-order chi connectivity index (χ0) is 16.7. The first-order valence-corrected chi connectivity index (χ1v) is 7.90. The Morgan fingerprint density at radius 3 is 2.61 bits per heavy atom. The van der Waals surface area contributed by atoms with E-state index in [0.717, 1.165) is 31.0 Å². The number of methoxy groups -OCH3 is 3. The molecule has 1 aliphatic carbocycles. The molecular weight excluding hydrogens is 294 g/mol. The fourth-order valence-electron chi connectivity index (χ4n) is 2.82. The summed E-state index contributed by atoms with van der Waals surface area (Å²) in [6.07, 6.45) is 4.67. The van der Waals surface area contributed by atoms with Gasteiger partial charge in [-0.2, -0.15) is 0 Å². The third-order valence-electron chi connectivity index (χ3n) is 4.50. The standard InChI is InChI=1S/C17H27N3O3/c1-21-10-9-17(7-4-8-17)12-19-16(18)20-14-11-13(22-2)5-6-15(14)23-3/h5-6,11H,4,7-10,12H2,1-3H3,(H3,18,19,20). The van der Waals surface area contributed by atoms with Crippen LogP contribution in [0.2, 0.25) is 0 Å². The van der Waals surface area contributed by atoms with Gasteiger partial charge >= 0.3 is 0 Å². The number of aliphatic imine (C=N–C) groups is 1. The maximum absolute atomic E-state index is 6.05. The number of benzene rings is 1. The van der Waals surface area contributed by atoms with Crippen LogP contribution in [0, 0.1) is 5.41 Å². The van der Waals surface area contributed by atoms with Gasteiger partial charge in [0.25, 0.3) is 0 Å². The van der Waals surface area contributed by atoms with Gasteiger partial charge in [-0.1, -0.05) is 6.42 Å². The van der Waals surface area contributed by atoms with Crippen LogP contribution in [0.5, 0.6) is 11.5 Å². The predicted molar refractivity (Wildman–Crippen MR) is 92.4 cm³/mol. The Morgan fingerprint density at radius 2 is 2.04 bits per heavy atom. The molecule has 0 atom stereocenters. The molecule has 0 aliphatic heterocycles. The number of nitrogens with one attached hydrogen (secondary N) is 1. The number of rotatable bonds is 8. The van der Waals surface area contributed by atoms with E-state index >= 15 is 0 Å². The van der Waals surface area contributed by atoms with Crippen LogP contribution in [0.1, 0.15) is 25.7 Å². The van der Waals surface area contributed by atoms with Crippen LogP contribution in [0.25, 0.3) is 0 Å². The topological polar surface area (TPSA) is 78.1 Å². The summed E-state index contributed by atoms with van der Waals surface area (Å²) in [5, 5.41) is 3.10. The highest BCUT2D eigenvalue weighted by molar-refractivity contribution is 5.94. The molecule has 6 heteroatoms. The molecule has 23 heavy (non-hydrogen) atoms. The molecule has 2 rings (SSSR count). The van der Waals surface area contributed by atoms with Gasteiger partial charge < -0.3 is 25.3 Å². The Bertz CT molecular complexity index is 542. The lowest BCUT2D eigenvalue weighted by molar-refractivity contribution is 0.0780. The molecule has 0 unspecified atom stereocenters. The van der Waals surface area contributed by atoms with Crippen molar-refractivity contribution in [3.05, 3.63) is 18.2 Å². The van der Waals surface area contributed by atoms with E-state index in [0.29, 0.717) is 11.7 Å². The van der Waals surface area contributed by atoms with Gasteiger partial charge in [-0.05, 0) is 36.8 Å². The summed E-state index contributed by atoms with van der Waals surface area (Å²) in [7, 11) is 4.98. The van der Waals surface area contributed by atoms with E-state index in [1.165, 1.54) is 19.3 Å². The molecule has 0 aromatic heterocycles. The van der Waals surface area contributed by atoms with Crippen LogP contribution in [0.3, 0.4) is 0 Å². The molecule has 6 nitrogen and oxygen atoms in total. The van der Waals surface area contributed by atoms with Crippen LogP contribution < -0.4 is 20.5 Å². The van der Waals surface area contributed by atoms with Crippen molar-refractivity contribution >= 4 is 11.6 Å². The van der Waals surface area contributed by atoms with Gasteiger partial charge in [0.05, 0.1) is 19.9 Å². The van der Waals surface area contributed by atoms with E-state index < -0.39 is 0 Å². The maximum Gasteiger partial charge on any atom is 0.193 e. The first-order chi connectivity index (χ1) is 11.1. The van der Waals surface area contributed by atoms with Crippen molar-refractivity contribution in [3.63, 3.8) is 0 Å².